The predicted molar refractivity (Wildman–Crippen MR) is 98.1 cm³/mol. The van der Waals surface area contributed by atoms with E-state index in [4.69, 9.17) is 0 Å². The summed E-state index contributed by atoms with van der Waals surface area (Å²) in [6.45, 7) is 4.50. The Morgan fingerprint density at radius 1 is 1.04 bits per heavy atom. The van der Waals surface area contributed by atoms with Crippen molar-refractivity contribution in [3.8, 4) is 0 Å². The average molecular weight is 340 g/mol. The highest BCUT2D eigenvalue weighted by Gasteiger charge is 2.11. The van der Waals surface area contributed by atoms with Crippen LogP contribution in [0.4, 0.5) is 5.69 Å². The Hall–Kier alpha value is -2.40. The molecule has 0 unspecified atom stereocenters. The van der Waals surface area contributed by atoms with Gasteiger partial charge in [-0.2, -0.15) is 0 Å². The smallest absolute Gasteiger partial charge is 0.175 e. The van der Waals surface area contributed by atoms with E-state index in [0.29, 0.717) is 11.4 Å². The maximum atomic E-state index is 11.7. The van der Waals surface area contributed by atoms with Crippen molar-refractivity contribution in [1.82, 2.24) is 4.98 Å². The van der Waals surface area contributed by atoms with Crippen molar-refractivity contribution in [2.45, 2.75) is 25.3 Å². The molecule has 0 aliphatic rings. The number of rotatable bonds is 4. The minimum atomic E-state index is -3.18. The van der Waals surface area contributed by atoms with Crippen molar-refractivity contribution in [3.63, 3.8) is 0 Å². The number of benzene rings is 2. The Bertz CT molecular complexity index is 1010. The van der Waals surface area contributed by atoms with E-state index < -0.39 is 9.84 Å². The molecule has 124 valence electrons. The number of para-hydroxylation sites is 1. The maximum absolute atomic E-state index is 11.7. The van der Waals surface area contributed by atoms with Gasteiger partial charge in [0.2, 0.25) is 0 Å². The lowest BCUT2D eigenvalue weighted by atomic mass is 10.1. The van der Waals surface area contributed by atoms with Gasteiger partial charge in [-0.25, -0.2) is 8.42 Å². The van der Waals surface area contributed by atoms with Crippen LogP contribution in [0.5, 0.6) is 0 Å². The van der Waals surface area contributed by atoms with Crippen LogP contribution in [0.15, 0.2) is 53.6 Å². The van der Waals surface area contributed by atoms with E-state index in [1.54, 1.807) is 12.3 Å². The molecule has 0 spiro atoms. The minimum Gasteiger partial charge on any atom is -0.380 e. The average Bonchev–Trinajstić information content (AvgIpc) is 2.52. The molecule has 0 atom stereocenters. The summed E-state index contributed by atoms with van der Waals surface area (Å²) in [7, 11) is -3.18. The zero-order valence-corrected chi connectivity index (χ0v) is 14.8. The largest absolute Gasteiger partial charge is 0.380 e. The maximum Gasteiger partial charge on any atom is 0.175 e. The number of hydrogen-bond donors (Lipinski definition) is 1. The lowest BCUT2D eigenvalue weighted by molar-refractivity contribution is 0.601. The minimum absolute atomic E-state index is 0.385. The van der Waals surface area contributed by atoms with Gasteiger partial charge in [-0.3, -0.25) is 4.98 Å². The summed E-state index contributed by atoms with van der Waals surface area (Å²) in [6.07, 6.45) is 3.04. The molecule has 1 N–H and O–H groups in total. The molecule has 0 amide bonds. The van der Waals surface area contributed by atoms with Crippen molar-refractivity contribution in [1.29, 1.82) is 0 Å². The zero-order valence-electron chi connectivity index (χ0n) is 14.0. The molecule has 4 nitrogen and oxygen atoms in total. The normalized spacial score (nSPS) is 11.6. The van der Waals surface area contributed by atoms with Crippen molar-refractivity contribution in [2.75, 3.05) is 11.6 Å². The van der Waals surface area contributed by atoms with Crippen molar-refractivity contribution < 1.29 is 8.42 Å². The summed E-state index contributed by atoms with van der Waals surface area (Å²) in [5.41, 5.74) is 4.97. The van der Waals surface area contributed by atoms with Crippen LogP contribution in [0.25, 0.3) is 10.9 Å². The summed E-state index contributed by atoms with van der Waals surface area (Å²) >= 11 is 0. The van der Waals surface area contributed by atoms with Crippen LogP contribution in [0.2, 0.25) is 0 Å². The Labute approximate surface area is 142 Å². The van der Waals surface area contributed by atoms with Gasteiger partial charge in [0.25, 0.3) is 0 Å². The number of fused-ring (bicyclic) bond motifs is 1. The number of nitrogens with zero attached hydrogens (tertiary/aromatic N) is 1. The van der Waals surface area contributed by atoms with Crippen molar-refractivity contribution in [2.24, 2.45) is 0 Å². The highest BCUT2D eigenvalue weighted by atomic mass is 32.2. The Morgan fingerprint density at radius 2 is 1.83 bits per heavy atom. The molecular weight excluding hydrogens is 320 g/mol. The number of pyridine rings is 1. The van der Waals surface area contributed by atoms with Gasteiger partial charge < -0.3 is 5.32 Å². The van der Waals surface area contributed by atoms with Gasteiger partial charge in [0.15, 0.2) is 9.84 Å². The topological polar surface area (TPSA) is 59.1 Å². The molecule has 3 aromatic rings. The van der Waals surface area contributed by atoms with Crippen LogP contribution in [-0.2, 0) is 16.4 Å². The number of aromatic nitrogens is 1. The van der Waals surface area contributed by atoms with Gasteiger partial charge in [0.05, 0.1) is 10.4 Å². The molecule has 0 aliphatic heterocycles. The number of hydrogen-bond acceptors (Lipinski definition) is 4. The van der Waals surface area contributed by atoms with E-state index in [9.17, 15) is 8.42 Å². The number of nitrogens with one attached hydrogen (secondary N) is 1. The predicted octanol–water partition coefficient (Wildman–Crippen LogP) is 3.87. The molecular formula is C19H20N2O2S. The van der Waals surface area contributed by atoms with Gasteiger partial charge in [-0.15, -0.1) is 0 Å². The third kappa shape index (κ3) is 3.26. The molecule has 0 fully saturated rings. The first-order valence-electron chi connectivity index (χ1n) is 7.74. The van der Waals surface area contributed by atoms with E-state index >= 15 is 0 Å². The highest BCUT2D eigenvalue weighted by Crippen LogP contribution is 2.24. The molecule has 0 aliphatic carbocycles. The third-order valence-electron chi connectivity index (χ3n) is 4.09. The molecule has 0 radical (unpaired) electrons. The first-order valence-corrected chi connectivity index (χ1v) is 9.63. The fourth-order valence-electron chi connectivity index (χ4n) is 2.91. The molecule has 1 aromatic heterocycles. The molecule has 24 heavy (non-hydrogen) atoms. The molecule has 5 heteroatoms. The summed E-state index contributed by atoms with van der Waals surface area (Å²) in [6, 6.07) is 13.5. The van der Waals surface area contributed by atoms with E-state index in [1.807, 2.05) is 44.2 Å². The number of sulfone groups is 1. The van der Waals surface area contributed by atoms with Crippen LogP contribution < -0.4 is 5.32 Å². The zero-order chi connectivity index (χ0) is 17.3. The van der Waals surface area contributed by atoms with Gasteiger partial charge in [-0.05, 0) is 42.7 Å². The Balaban J connectivity index is 1.87. The number of aryl methyl sites for hydroxylation is 2. The first kappa shape index (κ1) is 16.5. The first-order chi connectivity index (χ1) is 11.4. The second kappa shape index (κ2) is 6.24. The van der Waals surface area contributed by atoms with Crippen LogP contribution >= 0.6 is 0 Å². The molecule has 2 aromatic carbocycles. The summed E-state index contributed by atoms with van der Waals surface area (Å²) in [5, 5.41) is 4.51. The van der Waals surface area contributed by atoms with Crippen LogP contribution in [-0.4, -0.2) is 19.7 Å². The molecule has 0 saturated carbocycles. The lowest BCUT2D eigenvalue weighted by Gasteiger charge is -2.12. The van der Waals surface area contributed by atoms with Gasteiger partial charge >= 0.3 is 0 Å². The lowest BCUT2D eigenvalue weighted by Crippen LogP contribution is -2.04. The molecule has 0 bridgehead atoms. The SMILES string of the molecule is Cc1cc(CNc2ccnc3c(C)cccc23)ccc1S(C)(=O)=O. The number of anilines is 1. The van der Waals surface area contributed by atoms with Gasteiger partial charge in [0, 0.05) is 30.1 Å². The van der Waals surface area contributed by atoms with Gasteiger partial charge in [0.1, 0.15) is 0 Å². The second-order valence-electron chi connectivity index (χ2n) is 6.06. The molecule has 0 saturated heterocycles. The summed E-state index contributed by atoms with van der Waals surface area (Å²) in [4.78, 5) is 4.83. The molecule has 3 rings (SSSR count). The van der Waals surface area contributed by atoms with E-state index in [-0.39, 0.29) is 0 Å². The Morgan fingerprint density at radius 3 is 2.54 bits per heavy atom. The Kier molecular flexibility index (Phi) is 4.28. The summed E-state index contributed by atoms with van der Waals surface area (Å²) < 4.78 is 23.4. The van der Waals surface area contributed by atoms with Crippen molar-refractivity contribution >= 4 is 26.4 Å². The quantitative estimate of drug-likeness (QED) is 0.783. The van der Waals surface area contributed by atoms with Crippen LogP contribution in [0.1, 0.15) is 16.7 Å². The fourth-order valence-corrected chi connectivity index (χ4v) is 3.87. The highest BCUT2D eigenvalue weighted by molar-refractivity contribution is 7.90. The van der Waals surface area contributed by atoms with Gasteiger partial charge in [-0.1, -0.05) is 30.3 Å². The van der Waals surface area contributed by atoms with Crippen molar-refractivity contribution in [3.05, 3.63) is 65.4 Å². The van der Waals surface area contributed by atoms with E-state index in [0.717, 1.165) is 33.3 Å². The van der Waals surface area contributed by atoms with E-state index in [2.05, 4.69) is 16.4 Å². The monoisotopic (exact) mass is 340 g/mol. The standard InChI is InChI=1S/C19H20N2O2S/c1-13-5-4-6-16-17(9-10-20-19(13)16)21-12-15-7-8-18(14(2)11-15)24(3,22)23/h4-11H,12H2,1-3H3,(H,20,21). The summed E-state index contributed by atoms with van der Waals surface area (Å²) in [5.74, 6) is 0. The third-order valence-corrected chi connectivity index (χ3v) is 5.35. The fraction of sp³-hybridized carbons (Fsp3) is 0.211. The van der Waals surface area contributed by atoms with Crippen LogP contribution in [0.3, 0.4) is 0 Å². The second-order valence-corrected chi connectivity index (χ2v) is 8.04. The molecule has 1 heterocycles. The van der Waals surface area contributed by atoms with Crippen LogP contribution in [0, 0.1) is 13.8 Å². The van der Waals surface area contributed by atoms with E-state index in [1.165, 1.54) is 6.26 Å².